The number of rotatable bonds is 6. The summed E-state index contributed by atoms with van der Waals surface area (Å²) in [5, 5.41) is 3.55. The zero-order valence-electron chi connectivity index (χ0n) is 15.6. The first-order valence-electron chi connectivity index (χ1n) is 9.32. The van der Waals surface area contributed by atoms with E-state index in [1.54, 1.807) is 24.3 Å². The normalized spacial score (nSPS) is 14.9. The van der Waals surface area contributed by atoms with Crippen molar-refractivity contribution in [1.29, 1.82) is 0 Å². The van der Waals surface area contributed by atoms with Gasteiger partial charge < -0.3 is 19.5 Å². The Kier molecular flexibility index (Phi) is 5.86. The number of carbonyl (C=O) groups excluding carboxylic acids is 1. The van der Waals surface area contributed by atoms with Crippen LogP contribution in [-0.4, -0.2) is 25.2 Å². The Morgan fingerprint density at radius 2 is 1.72 bits per heavy atom. The fourth-order valence-electron chi connectivity index (χ4n) is 2.95. The highest BCUT2D eigenvalue weighted by Gasteiger charge is 2.21. The van der Waals surface area contributed by atoms with Gasteiger partial charge in [-0.3, -0.25) is 4.79 Å². The largest absolute Gasteiger partial charge is 0.489 e. The summed E-state index contributed by atoms with van der Waals surface area (Å²) >= 11 is 6.13. The number of hydrogen-bond donors (Lipinski definition) is 1. The Balaban J connectivity index is 1.28. The standard InChI is InChI=1S/C23H20ClNO4/c24-20-6-2-1-5-17(20)14-27-18-11-9-16(10-12-18)23(26)25-13-19-15-28-21-7-3-4-8-22(21)29-19/h1-12,19H,13-15H2,(H,25,26)/t19-/m1/s1. The molecule has 0 saturated carbocycles. The fourth-order valence-corrected chi connectivity index (χ4v) is 3.14. The summed E-state index contributed by atoms with van der Waals surface area (Å²) < 4.78 is 17.3. The molecule has 0 saturated heterocycles. The van der Waals surface area contributed by atoms with Gasteiger partial charge in [-0.05, 0) is 42.5 Å². The molecule has 1 N–H and O–H groups in total. The molecule has 1 aliphatic rings. The summed E-state index contributed by atoms with van der Waals surface area (Å²) in [6.45, 7) is 1.12. The van der Waals surface area contributed by atoms with E-state index < -0.39 is 0 Å². The molecule has 6 heteroatoms. The van der Waals surface area contributed by atoms with E-state index >= 15 is 0 Å². The smallest absolute Gasteiger partial charge is 0.251 e. The van der Waals surface area contributed by atoms with Crippen LogP contribution in [0.1, 0.15) is 15.9 Å². The molecule has 0 fully saturated rings. The fraction of sp³-hybridized carbons (Fsp3) is 0.174. The second kappa shape index (κ2) is 8.88. The van der Waals surface area contributed by atoms with Crippen molar-refractivity contribution >= 4 is 17.5 Å². The van der Waals surface area contributed by atoms with Crippen LogP contribution in [-0.2, 0) is 6.61 Å². The maximum absolute atomic E-state index is 12.4. The van der Waals surface area contributed by atoms with Crippen LogP contribution in [0.2, 0.25) is 5.02 Å². The molecule has 5 nitrogen and oxygen atoms in total. The molecule has 0 bridgehead atoms. The Morgan fingerprint density at radius 3 is 2.52 bits per heavy atom. The lowest BCUT2D eigenvalue weighted by Crippen LogP contribution is -2.40. The van der Waals surface area contributed by atoms with Gasteiger partial charge >= 0.3 is 0 Å². The van der Waals surface area contributed by atoms with E-state index in [9.17, 15) is 4.79 Å². The minimum atomic E-state index is -0.230. The van der Waals surface area contributed by atoms with Crippen molar-refractivity contribution in [3.8, 4) is 17.2 Å². The minimum absolute atomic E-state index is 0.176. The second-order valence-corrected chi connectivity index (χ2v) is 7.02. The summed E-state index contributed by atoms with van der Waals surface area (Å²) in [5.74, 6) is 1.91. The van der Waals surface area contributed by atoms with Gasteiger partial charge in [-0.25, -0.2) is 0 Å². The molecule has 1 atom stereocenters. The van der Waals surface area contributed by atoms with Crippen molar-refractivity contribution in [2.24, 2.45) is 0 Å². The van der Waals surface area contributed by atoms with Gasteiger partial charge in [0.1, 0.15) is 25.1 Å². The predicted molar refractivity (Wildman–Crippen MR) is 111 cm³/mol. The molecular formula is C23H20ClNO4. The topological polar surface area (TPSA) is 56.8 Å². The lowest BCUT2D eigenvalue weighted by Gasteiger charge is -2.26. The molecule has 0 unspecified atom stereocenters. The molecule has 1 aliphatic heterocycles. The first kappa shape index (κ1) is 19.2. The molecule has 0 aromatic heterocycles. The Bertz CT molecular complexity index is 990. The molecule has 3 aromatic rings. The quantitative estimate of drug-likeness (QED) is 0.651. The Labute approximate surface area is 174 Å². The third-order valence-corrected chi connectivity index (χ3v) is 4.90. The highest BCUT2D eigenvalue weighted by Crippen LogP contribution is 2.30. The Morgan fingerprint density at radius 1 is 1.00 bits per heavy atom. The van der Waals surface area contributed by atoms with E-state index in [4.69, 9.17) is 25.8 Å². The van der Waals surface area contributed by atoms with Crippen LogP contribution < -0.4 is 19.5 Å². The van der Waals surface area contributed by atoms with Crippen LogP contribution in [0.4, 0.5) is 0 Å². The summed E-state index contributed by atoms with van der Waals surface area (Å²) in [6.07, 6.45) is -0.230. The summed E-state index contributed by atoms with van der Waals surface area (Å²) in [7, 11) is 0. The number of halogens is 1. The third-order valence-electron chi connectivity index (χ3n) is 4.53. The SMILES string of the molecule is O=C(NC[C@@H]1COc2ccccc2O1)c1ccc(OCc2ccccc2Cl)cc1. The van der Waals surface area contributed by atoms with E-state index in [-0.39, 0.29) is 12.0 Å². The highest BCUT2D eigenvalue weighted by molar-refractivity contribution is 6.31. The zero-order chi connectivity index (χ0) is 20.1. The van der Waals surface area contributed by atoms with Crippen LogP contribution in [0.25, 0.3) is 0 Å². The molecule has 0 radical (unpaired) electrons. The zero-order valence-corrected chi connectivity index (χ0v) is 16.4. The molecular weight excluding hydrogens is 390 g/mol. The Hall–Kier alpha value is -3.18. The van der Waals surface area contributed by atoms with Gasteiger partial charge in [0.05, 0.1) is 6.54 Å². The second-order valence-electron chi connectivity index (χ2n) is 6.61. The number of carbonyl (C=O) groups is 1. The van der Waals surface area contributed by atoms with E-state index in [0.29, 0.717) is 41.8 Å². The molecule has 4 rings (SSSR count). The monoisotopic (exact) mass is 409 g/mol. The number of nitrogens with one attached hydrogen (secondary N) is 1. The van der Waals surface area contributed by atoms with Crippen molar-refractivity contribution in [3.63, 3.8) is 0 Å². The van der Waals surface area contributed by atoms with Crippen LogP contribution in [0, 0.1) is 0 Å². The van der Waals surface area contributed by atoms with Gasteiger partial charge in [-0.1, -0.05) is 41.9 Å². The molecule has 29 heavy (non-hydrogen) atoms. The van der Waals surface area contributed by atoms with Crippen molar-refractivity contribution in [2.45, 2.75) is 12.7 Å². The van der Waals surface area contributed by atoms with E-state index in [0.717, 1.165) is 11.3 Å². The summed E-state index contributed by atoms with van der Waals surface area (Å²) in [5.41, 5.74) is 1.46. The first-order valence-corrected chi connectivity index (χ1v) is 9.70. The maximum atomic E-state index is 12.4. The molecule has 3 aromatic carbocycles. The van der Waals surface area contributed by atoms with Crippen LogP contribution >= 0.6 is 11.6 Å². The van der Waals surface area contributed by atoms with Gasteiger partial charge in [0, 0.05) is 16.1 Å². The van der Waals surface area contributed by atoms with Gasteiger partial charge in [0.15, 0.2) is 11.5 Å². The average Bonchev–Trinajstić information content (AvgIpc) is 2.77. The third kappa shape index (κ3) is 4.81. The van der Waals surface area contributed by atoms with Crippen LogP contribution in [0.15, 0.2) is 72.8 Å². The number of para-hydroxylation sites is 2. The van der Waals surface area contributed by atoms with E-state index in [1.807, 2.05) is 48.5 Å². The van der Waals surface area contributed by atoms with Crippen molar-refractivity contribution in [1.82, 2.24) is 5.32 Å². The number of hydrogen-bond acceptors (Lipinski definition) is 4. The lowest BCUT2D eigenvalue weighted by molar-refractivity contribution is 0.0789. The number of fused-ring (bicyclic) bond motifs is 1. The first-order chi connectivity index (χ1) is 14.2. The molecule has 1 amide bonds. The highest BCUT2D eigenvalue weighted by atomic mass is 35.5. The van der Waals surface area contributed by atoms with Crippen molar-refractivity contribution < 1.29 is 19.0 Å². The van der Waals surface area contributed by atoms with Crippen LogP contribution in [0.5, 0.6) is 17.2 Å². The summed E-state index contributed by atoms with van der Waals surface area (Å²) in [4.78, 5) is 12.4. The number of ether oxygens (including phenoxy) is 3. The number of benzene rings is 3. The minimum Gasteiger partial charge on any atom is -0.489 e. The number of amides is 1. The van der Waals surface area contributed by atoms with Crippen molar-refractivity contribution in [2.75, 3.05) is 13.2 Å². The van der Waals surface area contributed by atoms with Gasteiger partial charge in [-0.15, -0.1) is 0 Å². The van der Waals surface area contributed by atoms with Gasteiger partial charge in [0.2, 0.25) is 0 Å². The van der Waals surface area contributed by atoms with Crippen molar-refractivity contribution in [3.05, 3.63) is 88.9 Å². The summed E-state index contributed by atoms with van der Waals surface area (Å²) in [6, 6.07) is 22.0. The molecule has 148 valence electrons. The molecule has 0 aliphatic carbocycles. The maximum Gasteiger partial charge on any atom is 0.251 e. The molecule has 0 spiro atoms. The average molecular weight is 410 g/mol. The van der Waals surface area contributed by atoms with E-state index in [2.05, 4.69) is 5.32 Å². The van der Waals surface area contributed by atoms with E-state index in [1.165, 1.54) is 0 Å². The van der Waals surface area contributed by atoms with Gasteiger partial charge in [-0.2, -0.15) is 0 Å². The van der Waals surface area contributed by atoms with Crippen LogP contribution in [0.3, 0.4) is 0 Å². The molecule has 1 heterocycles. The predicted octanol–water partition coefficient (Wildman–Crippen LogP) is 4.49. The lowest BCUT2D eigenvalue weighted by atomic mass is 10.2. The van der Waals surface area contributed by atoms with Gasteiger partial charge in [0.25, 0.3) is 5.91 Å².